The molecule has 0 spiro atoms. The predicted molar refractivity (Wildman–Crippen MR) is 49.1 cm³/mol. The van der Waals surface area contributed by atoms with Crippen LogP contribution in [0.4, 0.5) is 0 Å². The molecule has 0 saturated heterocycles. The maximum absolute atomic E-state index is 11.0. The molecule has 0 bridgehead atoms. The van der Waals surface area contributed by atoms with Crippen molar-refractivity contribution in [2.45, 2.75) is 6.92 Å². The Morgan fingerprint density at radius 3 is 2.62 bits per heavy atom. The lowest BCUT2D eigenvalue weighted by molar-refractivity contribution is -0.139. The van der Waals surface area contributed by atoms with Gasteiger partial charge in [0.25, 0.3) is 0 Å². The monoisotopic (exact) mass is 229 g/mol. The zero-order valence-corrected chi connectivity index (χ0v) is 8.82. The normalized spacial score (nSPS) is 11.2. The summed E-state index contributed by atoms with van der Waals surface area (Å²) in [7, 11) is -3.57. The van der Waals surface area contributed by atoms with Gasteiger partial charge in [-0.25, -0.2) is 13.1 Å². The first-order valence-electron chi connectivity index (χ1n) is 3.70. The van der Waals surface area contributed by atoms with Gasteiger partial charge in [0.05, 0.1) is 6.61 Å². The molecule has 0 unspecified atom stereocenters. The van der Waals surface area contributed by atoms with Crippen molar-refractivity contribution in [2.24, 2.45) is 0 Å². The molecule has 0 aromatic heterocycles. The SMILES string of the molecule is CCOC(=O)CS(=O)(=O)NCCCl. The van der Waals surface area contributed by atoms with Gasteiger partial charge < -0.3 is 4.74 Å². The summed E-state index contributed by atoms with van der Waals surface area (Å²) in [6.45, 7) is 1.89. The van der Waals surface area contributed by atoms with E-state index in [1.807, 2.05) is 0 Å². The van der Waals surface area contributed by atoms with Crippen LogP contribution in [0.3, 0.4) is 0 Å². The number of hydrogen-bond acceptors (Lipinski definition) is 4. The van der Waals surface area contributed by atoms with Crippen molar-refractivity contribution >= 4 is 27.6 Å². The van der Waals surface area contributed by atoms with E-state index in [4.69, 9.17) is 11.6 Å². The van der Waals surface area contributed by atoms with Crippen LogP contribution < -0.4 is 4.72 Å². The molecule has 0 heterocycles. The fraction of sp³-hybridized carbons (Fsp3) is 0.833. The van der Waals surface area contributed by atoms with Crippen molar-refractivity contribution in [2.75, 3.05) is 24.8 Å². The maximum atomic E-state index is 11.0. The van der Waals surface area contributed by atoms with Gasteiger partial charge in [0.1, 0.15) is 0 Å². The Hall–Kier alpha value is -0.330. The molecule has 1 N–H and O–H groups in total. The molecular weight excluding hydrogens is 218 g/mol. The van der Waals surface area contributed by atoms with E-state index >= 15 is 0 Å². The quantitative estimate of drug-likeness (QED) is 0.502. The van der Waals surface area contributed by atoms with Gasteiger partial charge in [-0.15, -0.1) is 11.6 Å². The number of ether oxygens (including phenoxy) is 1. The van der Waals surface area contributed by atoms with Crippen molar-refractivity contribution in [3.8, 4) is 0 Å². The number of esters is 1. The summed E-state index contributed by atoms with van der Waals surface area (Å²) in [5, 5.41) is 0. The minimum Gasteiger partial charge on any atom is -0.465 e. The molecule has 0 aliphatic heterocycles. The third-order valence-corrected chi connectivity index (χ3v) is 2.48. The van der Waals surface area contributed by atoms with Gasteiger partial charge in [-0.05, 0) is 6.92 Å². The second-order valence-corrected chi connectivity index (χ2v) is 4.33. The molecule has 0 amide bonds. The smallest absolute Gasteiger partial charge is 0.322 e. The molecule has 78 valence electrons. The lowest BCUT2D eigenvalue weighted by Gasteiger charge is -2.03. The van der Waals surface area contributed by atoms with Crippen LogP contribution in [0.5, 0.6) is 0 Å². The molecule has 0 fully saturated rings. The summed E-state index contributed by atoms with van der Waals surface area (Å²) in [6, 6.07) is 0. The van der Waals surface area contributed by atoms with E-state index in [1.54, 1.807) is 6.92 Å². The van der Waals surface area contributed by atoms with E-state index in [9.17, 15) is 13.2 Å². The first-order valence-corrected chi connectivity index (χ1v) is 5.89. The first-order chi connectivity index (χ1) is 6.02. The summed E-state index contributed by atoms with van der Waals surface area (Å²) < 4.78 is 28.6. The minimum atomic E-state index is -3.57. The Morgan fingerprint density at radius 2 is 2.15 bits per heavy atom. The number of carbonyl (C=O) groups is 1. The van der Waals surface area contributed by atoms with Crippen molar-refractivity contribution in [3.63, 3.8) is 0 Å². The van der Waals surface area contributed by atoms with E-state index in [0.29, 0.717) is 0 Å². The Kier molecular flexibility index (Phi) is 6.02. The van der Waals surface area contributed by atoms with Crippen LogP contribution in [0.2, 0.25) is 0 Å². The second-order valence-electron chi connectivity index (χ2n) is 2.15. The Morgan fingerprint density at radius 1 is 1.54 bits per heavy atom. The molecule has 0 atom stereocenters. The van der Waals surface area contributed by atoms with Crippen molar-refractivity contribution in [1.29, 1.82) is 0 Å². The van der Waals surface area contributed by atoms with Crippen LogP contribution in [0.15, 0.2) is 0 Å². The van der Waals surface area contributed by atoms with Gasteiger partial charge in [-0.2, -0.15) is 0 Å². The topological polar surface area (TPSA) is 72.5 Å². The highest BCUT2D eigenvalue weighted by atomic mass is 35.5. The molecule has 0 aromatic rings. The van der Waals surface area contributed by atoms with Gasteiger partial charge >= 0.3 is 5.97 Å². The Labute approximate surface area is 82.5 Å². The molecule has 5 nitrogen and oxygen atoms in total. The van der Waals surface area contributed by atoms with Gasteiger partial charge in [-0.3, -0.25) is 4.79 Å². The molecule has 0 aliphatic rings. The van der Waals surface area contributed by atoms with E-state index in [1.165, 1.54) is 0 Å². The predicted octanol–water partition coefficient (Wildman–Crippen LogP) is -0.292. The summed E-state index contributed by atoms with van der Waals surface area (Å²) in [4.78, 5) is 10.7. The summed E-state index contributed by atoms with van der Waals surface area (Å²) in [5.41, 5.74) is 0. The highest BCUT2D eigenvalue weighted by molar-refractivity contribution is 7.90. The largest absolute Gasteiger partial charge is 0.465 e. The average Bonchev–Trinajstić information content (AvgIpc) is 2.00. The Balaban J connectivity index is 3.95. The molecule has 0 aromatic carbocycles. The van der Waals surface area contributed by atoms with Crippen LogP contribution in [0.1, 0.15) is 6.92 Å². The molecule has 0 aliphatic carbocycles. The van der Waals surface area contributed by atoms with Crippen LogP contribution in [0, 0.1) is 0 Å². The van der Waals surface area contributed by atoms with Crippen molar-refractivity contribution < 1.29 is 17.9 Å². The first kappa shape index (κ1) is 12.7. The number of rotatable bonds is 6. The molecule has 0 saturated carbocycles. The zero-order chi connectivity index (χ0) is 10.3. The van der Waals surface area contributed by atoms with Crippen LogP contribution in [-0.4, -0.2) is 39.2 Å². The van der Waals surface area contributed by atoms with Gasteiger partial charge in [0, 0.05) is 12.4 Å². The van der Waals surface area contributed by atoms with Gasteiger partial charge in [0.15, 0.2) is 5.75 Å². The molecular formula is C6H12ClNO4S. The maximum Gasteiger partial charge on any atom is 0.322 e. The number of sulfonamides is 1. The van der Waals surface area contributed by atoms with Crippen molar-refractivity contribution in [1.82, 2.24) is 4.72 Å². The highest BCUT2D eigenvalue weighted by Crippen LogP contribution is 1.88. The fourth-order valence-electron chi connectivity index (χ4n) is 0.603. The number of alkyl halides is 1. The average molecular weight is 230 g/mol. The van der Waals surface area contributed by atoms with Gasteiger partial charge in [-0.1, -0.05) is 0 Å². The lowest BCUT2D eigenvalue weighted by Crippen LogP contribution is -2.32. The standard InChI is InChI=1S/C6H12ClNO4S/c1-2-12-6(9)5-13(10,11)8-4-3-7/h8H,2-5H2,1H3. The highest BCUT2D eigenvalue weighted by Gasteiger charge is 2.15. The molecule has 7 heteroatoms. The molecule has 13 heavy (non-hydrogen) atoms. The summed E-state index contributed by atoms with van der Waals surface area (Å²) in [6.07, 6.45) is 0. The van der Waals surface area contributed by atoms with Crippen LogP contribution in [0.25, 0.3) is 0 Å². The van der Waals surface area contributed by atoms with Crippen LogP contribution in [-0.2, 0) is 19.6 Å². The number of nitrogens with one attached hydrogen (secondary N) is 1. The van der Waals surface area contributed by atoms with E-state index in [0.717, 1.165) is 0 Å². The summed E-state index contributed by atoms with van der Waals surface area (Å²) >= 11 is 5.26. The van der Waals surface area contributed by atoms with E-state index in [2.05, 4.69) is 9.46 Å². The number of halogens is 1. The number of hydrogen-bond donors (Lipinski definition) is 1. The van der Waals surface area contributed by atoms with Crippen molar-refractivity contribution in [3.05, 3.63) is 0 Å². The third-order valence-electron chi connectivity index (χ3n) is 1.03. The fourth-order valence-corrected chi connectivity index (χ4v) is 1.72. The zero-order valence-electron chi connectivity index (χ0n) is 7.25. The summed E-state index contributed by atoms with van der Waals surface area (Å²) in [5.74, 6) is -1.25. The third kappa shape index (κ3) is 6.80. The van der Waals surface area contributed by atoms with E-state index in [-0.39, 0.29) is 19.0 Å². The van der Waals surface area contributed by atoms with Gasteiger partial charge in [0.2, 0.25) is 10.0 Å². The minimum absolute atomic E-state index is 0.114. The van der Waals surface area contributed by atoms with Crippen LogP contribution >= 0.6 is 11.6 Å². The molecule has 0 radical (unpaired) electrons. The Bertz CT molecular complexity index is 251. The second kappa shape index (κ2) is 6.17. The molecule has 0 rings (SSSR count). The lowest BCUT2D eigenvalue weighted by atomic mass is 10.8. The van der Waals surface area contributed by atoms with E-state index < -0.39 is 21.7 Å². The number of carbonyl (C=O) groups excluding carboxylic acids is 1.